The summed E-state index contributed by atoms with van der Waals surface area (Å²) >= 11 is 0. The van der Waals surface area contributed by atoms with Gasteiger partial charge in [-0.05, 0) is 37.0 Å². The lowest BCUT2D eigenvalue weighted by Gasteiger charge is -2.33. The molecule has 1 saturated carbocycles. The summed E-state index contributed by atoms with van der Waals surface area (Å²) < 4.78 is 1.84. The first-order valence-corrected chi connectivity index (χ1v) is 8.73. The van der Waals surface area contributed by atoms with Crippen LogP contribution in [0.4, 0.5) is 0 Å². The SMILES string of the molecule is N#Cc1cccc(C(=O)N2Cc3cncn3[C@@H](C(=O)NCC3CC3)C2)c1. The van der Waals surface area contributed by atoms with Gasteiger partial charge in [-0.15, -0.1) is 0 Å². The van der Waals surface area contributed by atoms with Crippen molar-refractivity contribution in [3.05, 3.63) is 53.6 Å². The predicted molar refractivity (Wildman–Crippen MR) is 92.9 cm³/mol. The molecule has 0 bridgehead atoms. The summed E-state index contributed by atoms with van der Waals surface area (Å²) in [6.07, 6.45) is 5.67. The Kier molecular flexibility index (Phi) is 4.17. The molecule has 26 heavy (non-hydrogen) atoms. The number of carbonyl (C=O) groups is 2. The van der Waals surface area contributed by atoms with Crippen LogP contribution in [0.15, 0.2) is 36.8 Å². The molecule has 2 amide bonds. The topological polar surface area (TPSA) is 91.0 Å². The third kappa shape index (κ3) is 3.18. The van der Waals surface area contributed by atoms with E-state index in [1.165, 1.54) is 12.8 Å². The molecule has 0 saturated heterocycles. The summed E-state index contributed by atoms with van der Waals surface area (Å²) in [5.74, 6) is 0.324. The number of aromatic nitrogens is 2. The fourth-order valence-corrected chi connectivity index (χ4v) is 3.24. The van der Waals surface area contributed by atoms with E-state index in [1.54, 1.807) is 41.7 Å². The third-order valence-electron chi connectivity index (χ3n) is 4.92. The van der Waals surface area contributed by atoms with Gasteiger partial charge in [-0.25, -0.2) is 4.98 Å². The summed E-state index contributed by atoms with van der Waals surface area (Å²) in [6, 6.07) is 8.19. The molecule has 132 valence electrons. The standard InChI is InChI=1S/C19H19N5O2/c20-7-14-2-1-3-15(6-14)19(26)23-10-16-9-21-12-24(16)17(11-23)18(25)22-8-13-4-5-13/h1-3,6,9,12-13,17H,4-5,8,10-11H2,(H,22,25)/t17-/m1/s1. The zero-order chi connectivity index (χ0) is 18.1. The summed E-state index contributed by atoms with van der Waals surface area (Å²) in [7, 11) is 0. The molecule has 1 aromatic heterocycles. The highest BCUT2D eigenvalue weighted by atomic mass is 16.2. The van der Waals surface area contributed by atoms with Crippen LogP contribution < -0.4 is 5.32 Å². The monoisotopic (exact) mass is 349 g/mol. The van der Waals surface area contributed by atoms with Gasteiger partial charge >= 0.3 is 0 Å². The number of hydrogen-bond donors (Lipinski definition) is 1. The summed E-state index contributed by atoms with van der Waals surface area (Å²) in [5.41, 5.74) is 1.72. The first-order valence-electron chi connectivity index (χ1n) is 8.73. The van der Waals surface area contributed by atoms with E-state index in [0.29, 0.717) is 30.1 Å². The van der Waals surface area contributed by atoms with Gasteiger partial charge in [0.2, 0.25) is 5.91 Å². The van der Waals surface area contributed by atoms with Gasteiger partial charge in [0.15, 0.2) is 0 Å². The second kappa shape index (κ2) is 6.64. The van der Waals surface area contributed by atoms with E-state index in [4.69, 9.17) is 5.26 Å². The molecule has 7 heteroatoms. The molecule has 1 aromatic carbocycles. The van der Waals surface area contributed by atoms with Crippen LogP contribution in [0.1, 0.15) is 40.5 Å². The Morgan fingerprint density at radius 1 is 1.35 bits per heavy atom. The zero-order valence-electron chi connectivity index (χ0n) is 14.3. The van der Waals surface area contributed by atoms with Crippen molar-refractivity contribution >= 4 is 11.8 Å². The molecule has 0 spiro atoms. The molecule has 0 radical (unpaired) electrons. The Labute approximate surface area is 151 Å². The Morgan fingerprint density at radius 2 is 2.19 bits per heavy atom. The number of benzene rings is 1. The lowest BCUT2D eigenvalue weighted by molar-refractivity contribution is -0.125. The van der Waals surface area contributed by atoms with Crippen molar-refractivity contribution < 1.29 is 9.59 Å². The van der Waals surface area contributed by atoms with E-state index in [9.17, 15) is 9.59 Å². The van der Waals surface area contributed by atoms with Gasteiger partial charge in [0.1, 0.15) is 6.04 Å². The zero-order valence-corrected chi connectivity index (χ0v) is 14.3. The third-order valence-corrected chi connectivity index (χ3v) is 4.92. The first kappa shape index (κ1) is 16.3. The molecule has 7 nitrogen and oxygen atoms in total. The fraction of sp³-hybridized carbons (Fsp3) is 0.368. The Balaban J connectivity index is 1.55. The van der Waals surface area contributed by atoms with Crippen molar-refractivity contribution in [1.29, 1.82) is 5.26 Å². The normalized spacial score (nSPS) is 18.7. The highest BCUT2D eigenvalue weighted by Crippen LogP contribution is 2.28. The molecule has 1 N–H and O–H groups in total. The van der Waals surface area contributed by atoms with E-state index in [2.05, 4.69) is 10.3 Å². The number of nitriles is 1. The number of amides is 2. The lowest BCUT2D eigenvalue weighted by Crippen LogP contribution is -2.46. The van der Waals surface area contributed by atoms with Crippen molar-refractivity contribution in [2.75, 3.05) is 13.1 Å². The summed E-state index contributed by atoms with van der Waals surface area (Å²) in [4.78, 5) is 31.3. The lowest BCUT2D eigenvalue weighted by atomic mass is 10.1. The van der Waals surface area contributed by atoms with Crippen LogP contribution in [-0.2, 0) is 11.3 Å². The van der Waals surface area contributed by atoms with E-state index < -0.39 is 6.04 Å². The van der Waals surface area contributed by atoms with Crippen LogP contribution in [0, 0.1) is 17.2 Å². The number of nitrogens with one attached hydrogen (secondary N) is 1. The van der Waals surface area contributed by atoms with Crippen molar-refractivity contribution in [2.45, 2.75) is 25.4 Å². The highest BCUT2D eigenvalue weighted by molar-refractivity contribution is 5.95. The van der Waals surface area contributed by atoms with Gasteiger partial charge in [-0.2, -0.15) is 5.26 Å². The Hall–Kier alpha value is -3.14. The van der Waals surface area contributed by atoms with Crippen LogP contribution in [0.2, 0.25) is 0 Å². The number of nitrogens with zero attached hydrogens (tertiary/aromatic N) is 4. The number of rotatable bonds is 4. The second-order valence-electron chi connectivity index (χ2n) is 6.87. The smallest absolute Gasteiger partial charge is 0.254 e. The number of hydrogen-bond acceptors (Lipinski definition) is 4. The second-order valence-corrected chi connectivity index (χ2v) is 6.87. The molecule has 2 heterocycles. The highest BCUT2D eigenvalue weighted by Gasteiger charge is 2.33. The Morgan fingerprint density at radius 3 is 2.96 bits per heavy atom. The van der Waals surface area contributed by atoms with Crippen LogP contribution in [0.5, 0.6) is 0 Å². The minimum atomic E-state index is -0.483. The molecule has 1 aliphatic carbocycles. The maximum atomic E-state index is 12.9. The van der Waals surface area contributed by atoms with Gasteiger partial charge in [-0.3, -0.25) is 9.59 Å². The molecule has 0 unspecified atom stereocenters. The molecule has 1 atom stereocenters. The van der Waals surface area contributed by atoms with Crippen molar-refractivity contribution in [3.63, 3.8) is 0 Å². The maximum absolute atomic E-state index is 12.9. The first-order chi connectivity index (χ1) is 12.7. The quantitative estimate of drug-likeness (QED) is 0.905. The van der Waals surface area contributed by atoms with Gasteiger partial charge in [0.25, 0.3) is 5.91 Å². The maximum Gasteiger partial charge on any atom is 0.254 e. The summed E-state index contributed by atoms with van der Waals surface area (Å²) in [5, 5.41) is 12.0. The van der Waals surface area contributed by atoms with Gasteiger partial charge in [0, 0.05) is 18.3 Å². The van der Waals surface area contributed by atoms with Crippen LogP contribution >= 0.6 is 0 Å². The molecule has 1 fully saturated rings. The van der Waals surface area contributed by atoms with E-state index in [0.717, 1.165) is 5.69 Å². The van der Waals surface area contributed by atoms with Crippen molar-refractivity contribution in [2.24, 2.45) is 5.92 Å². The van der Waals surface area contributed by atoms with Gasteiger partial charge in [-0.1, -0.05) is 6.07 Å². The average molecular weight is 349 g/mol. The number of fused-ring (bicyclic) bond motifs is 1. The van der Waals surface area contributed by atoms with E-state index in [-0.39, 0.29) is 18.4 Å². The van der Waals surface area contributed by atoms with Crippen LogP contribution in [0.3, 0.4) is 0 Å². The Bertz CT molecular complexity index is 893. The number of carbonyl (C=O) groups excluding carboxylic acids is 2. The fourth-order valence-electron chi connectivity index (χ4n) is 3.24. The molecule has 2 aliphatic rings. The number of imidazole rings is 1. The van der Waals surface area contributed by atoms with Crippen molar-refractivity contribution in [3.8, 4) is 6.07 Å². The van der Waals surface area contributed by atoms with Gasteiger partial charge in [0.05, 0.1) is 36.7 Å². The minimum absolute atomic E-state index is 0.0839. The van der Waals surface area contributed by atoms with Gasteiger partial charge < -0.3 is 14.8 Å². The van der Waals surface area contributed by atoms with Crippen LogP contribution in [-0.4, -0.2) is 39.4 Å². The molecular formula is C19H19N5O2. The van der Waals surface area contributed by atoms with Crippen LogP contribution in [0.25, 0.3) is 0 Å². The average Bonchev–Trinajstić information content (AvgIpc) is 3.39. The molecule has 1 aliphatic heterocycles. The van der Waals surface area contributed by atoms with Crippen molar-refractivity contribution in [1.82, 2.24) is 19.8 Å². The van der Waals surface area contributed by atoms with E-state index in [1.807, 2.05) is 10.6 Å². The molecular weight excluding hydrogens is 330 g/mol. The molecule has 2 aromatic rings. The van der Waals surface area contributed by atoms with E-state index >= 15 is 0 Å². The predicted octanol–water partition coefficient (Wildman–Crippen LogP) is 1.48. The minimum Gasteiger partial charge on any atom is -0.354 e. The molecule has 4 rings (SSSR count). The summed E-state index contributed by atoms with van der Waals surface area (Å²) in [6.45, 7) is 1.37. The largest absolute Gasteiger partial charge is 0.354 e.